The smallest absolute Gasteiger partial charge is 0.433 e. The molecule has 1 N–H and O–H groups in total. The molecular formula is C24H21F3N4O4. The number of benzene rings is 2. The maximum Gasteiger partial charge on any atom is 0.433 e. The summed E-state index contributed by atoms with van der Waals surface area (Å²) in [6, 6.07) is 12.5. The Labute approximate surface area is 198 Å². The minimum Gasteiger partial charge on any atom is -0.497 e. The van der Waals surface area contributed by atoms with Gasteiger partial charge in [-0.2, -0.15) is 18.3 Å². The molecule has 1 amide bonds. The molecule has 0 radical (unpaired) electrons. The molecule has 0 saturated carbocycles. The highest BCUT2D eigenvalue weighted by Gasteiger charge is 2.36. The van der Waals surface area contributed by atoms with Crippen LogP contribution in [0.5, 0.6) is 17.2 Å². The van der Waals surface area contributed by atoms with Crippen molar-refractivity contribution in [1.82, 2.24) is 19.9 Å². The van der Waals surface area contributed by atoms with E-state index in [1.807, 2.05) is 0 Å². The van der Waals surface area contributed by atoms with Gasteiger partial charge in [0.2, 0.25) is 0 Å². The van der Waals surface area contributed by atoms with Crippen molar-refractivity contribution in [2.45, 2.75) is 12.7 Å². The number of nitrogens with zero attached hydrogens (tertiary/aromatic N) is 3. The molecule has 2 aromatic carbocycles. The minimum absolute atomic E-state index is 0.0261. The molecule has 4 aromatic rings. The number of rotatable bonds is 7. The van der Waals surface area contributed by atoms with Gasteiger partial charge in [0, 0.05) is 12.1 Å². The zero-order chi connectivity index (χ0) is 25.2. The minimum atomic E-state index is -4.73. The third kappa shape index (κ3) is 4.84. The molecular weight excluding hydrogens is 465 g/mol. The van der Waals surface area contributed by atoms with Crippen LogP contribution in [-0.4, -0.2) is 41.8 Å². The van der Waals surface area contributed by atoms with Gasteiger partial charge in [0.25, 0.3) is 5.91 Å². The molecule has 2 aromatic heterocycles. The van der Waals surface area contributed by atoms with Gasteiger partial charge in [0.05, 0.1) is 33.2 Å². The number of ether oxygens (including phenoxy) is 3. The summed E-state index contributed by atoms with van der Waals surface area (Å²) in [6.45, 7) is 0.0955. The van der Waals surface area contributed by atoms with Crippen molar-refractivity contribution in [3.8, 4) is 28.5 Å². The summed E-state index contributed by atoms with van der Waals surface area (Å²) in [5.41, 5.74) is -0.246. The first-order chi connectivity index (χ1) is 16.7. The second-order valence-electron chi connectivity index (χ2n) is 7.42. The monoisotopic (exact) mass is 486 g/mol. The van der Waals surface area contributed by atoms with Crippen molar-refractivity contribution in [2.24, 2.45) is 0 Å². The van der Waals surface area contributed by atoms with Crippen LogP contribution in [0.15, 0.2) is 54.7 Å². The van der Waals surface area contributed by atoms with Crippen LogP contribution >= 0.6 is 0 Å². The van der Waals surface area contributed by atoms with Crippen LogP contribution in [0.25, 0.3) is 16.9 Å². The lowest BCUT2D eigenvalue weighted by Crippen LogP contribution is -2.23. The highest BCUT2D eigenvalue weighted by atomic mass is 19.4. The summed E-state index contributed by atoms with van der Waals surface area (Å²) in [5.74, 6) is 0.839. The molecule has 0 aliphatic rings. The number of methoxy groups -OCH3 is 3. The van der Waals surface area contributed by atoms with Gasteiger partial charge < -0.3 is 19.5 Å². The maximum atomic E-state index is 13.8. The number of carbonyl (C=O) groups is 1. The Balaban J connectivity index is 1.70. The van der Waals surface area contributed by atoms with Crippen molar-refractivity contribution >= 4 is 11.6 Å². The Morgan fingerprint density at radius 1 is 1.00 bits per heavy atom. The van der Waals surface area contributed by atoms with Gasteiger partial charge in [0.1, 0.15) is 11.3 Å². The number of nitrogens with one attached hydrogen (secondary N) is 1. The molecule has 2 heterocycles. The first-order valence-corrected chi connectivity index (χ1v) is 10.3. The summed E-state index contributed by atoms with van der Waals surface area (Å²) in [4.78, 5) is 17.2. The zero-order valence-electron chi connectivity index (χ0n) is 19.0. The van der Waals surface area contributed by atoms with E-state index >= 15 is 0 Å². The highest BCUT2D eigenvalue weighted by molar-refractivity contribution is 5.99. The fraction of sp³-hybridized carbons (Fsp3) is 0.208. The first-order valence-electron chi connectivity index (χ1n) is 10.3. The molecule has 35 heavy (non-hydrogen) atoms. The second kappa shape index (κ2) is 9.53. The molecule has 11 heteroatoms. The summed E-state index contributed by atoms with van der Waals surface area (Å²) in [7, 11) is 4.45. The fourth-order valence-electron chi connectivity index (χ4n) is 3.52. The Kier molecular flexibility index (Phi) is 6.50. The van der Waals surface area contributed by atoms with E-state index in [9.17, 15) is 18.0 Å². The van der Waals surface area contributed by atoms with Crippen molar-refractivity contribution in [3.63, 3.8) is 0 Å². The molecule has 0 spiro atoms. The lowest BCUT2D eigenvalue weighted by atomic mass is 10.1. The largest absolute Gasteiger partial charge is 0.497 e. The number of fused-ring (bicyclic) bond motifs is 1. The van der Waals surface area contributed by atoms with Crippen LogP contribution in [0.2, 0.25) is 0 Å². The molecule has 182 valence electrons. The molecule has 0 unspecified atom stereocenters. The standard InChI is InChI=1S/C24H21F3N4O4/c1-33-16-6-4-5-15(10-16)18-11-21(24(25,26)27)31-22(30-18)17(13-29-31)23(32)28-12-14-7-8-19(34-2)20(9-14)35-3/h4-11,13H,12H2,1-3H3,(H,28,32). The summed E-state index contributed by atoms with van der Waals surface area (Å²) in [6.07, 6.45) is -3.66. The summed E-state index contributed by atoms with van der Waals surface area (Å²) in [5, 5.41) is 6.48. The maximum absolute atomic E-state index is 13.8. The van der Waals surface area contributed by atoms with E-state index in [1.54, 1.807) is 42.5 Å². The summed E-state index contributed by atoms with van der Waals surface area (Å²) < 4.78 is 57.7. The van der Waals surface area contributed by atoms with Gasteiger partial charge >= 0.3 is 6.18 Å². The lowest BCUT2D eigenvalue weighted by molar-refractivity contribution is -0.142. The molecule has 0 aliphatic heterocycles. The van der Waals surface area contributed by atoms with Crippen molar-refractivity contribution < 1.29 is 32.2 Å². The number of aromatic nitrogens is 3. The number of hydrogen-bond donors (Lipinski definition) is 1. The third-order valence-corrected chi connectivity index (χ3v) is 5.27. The van der Waals surface area contributed by atoms with Crippen LogP contribution in [0.3, 0.4) is 0 Å². The number of hydrogen-bond acceptors (Lipinski definition) is 6. The van der Waals surface area contributed by atoms with Crippen molar-refractivity contribution in [2.75, 3.05) is 21.3 Å². The Hall–Kier alpha value is -4.28. The predicted molar refractivity (Wildman–Crippen MR) is 121 cm³/mol. The first kappa shape index (κ1) is 23.9. The topological polar surface area (TPSA) is 87.0 Å². The van der Waals surface area contributed by atoms with Gasteiger partial charge in [0.15, 0.2) is 22.8 Å². The Bertz CT molecular complexity index is 1390. The van der Waals surface area contributed by atoms with E-state index in [0.717, 1.165) is 12.3 Å². The number of carbonyl (C=O) groups excluding carboxylic acids is 1. The fourth-order valence-corrected chi connectivity index (χ4v) is 3.52. The Morgan fingerprint density at radius 3 is 2.46 bits per heavy atom. The molecule has 0 fully saturated rings. The highest BCUT2D eigenvalue weighted by Crippen LogP contribution is 2.33. The normalized spacial score (nSPS) is 11.4. The van der Waals surface area contributed by atoms with Crippen molar-refractivity contribution in [3.05, 3.63) is 71.5 Å². The van der Waals surface area contributed by atoms with E-state index in [0.29, 0.717) is 32.9 Å². The lowest BCUT2D eigenvalue weighted by Gasteiger charge is -2.12. The third-order valence-electron chi connectivity index (χ3n) is 5.27. The zero-order valence-corrected chi connectivity index (χ0v) is 19.0. The van der Waals surface area contributed by atoms with Gasteiger partial charge in [-0.25, -0.2) is 9.50 Å². The predicted octanol–water partition coefficient (Wildman–Crippen LogP) is 4.37. The van der Waals surface area contributed by atoms with Gasteiger partial charge in [-0.05, 0) is 35.9 Å². The van der Waals surface area contributed by atoms with E-state index in [-0.39, 0.29) is 23.4 Å². The van der Waals surface area contributed by atoms with E-state index in [2.05, 4.69) is 15.4 Å². The molecule has 0 saturated heterocycles. The number of alkyl halides is 3. The van der Waals surface area contributed by atoms with Gasteiger partial charge in [-0.3, -0.25) is 4.79 Å². The SMILES string of the molecule is COc1cccc(-c2cc(C(F)(F)F)n3ncc(C(=O)NCc4ccc(OC)c(OC)c4)c3n2)c1. The van der Waals surface area contributed by atoms with Crippen LogP contribution < -0.4 is 19.5 Å². The molecule has 0 atom stereocenters. The quantitative estimate of drug-likeness (QED) is 0.418. The van der Waals surface area contributed by atoms with E-state index in [1.165, 1.54) is 21.3 Å². The van der Waals surface area contributed by atoms with E-state index in [4.69, 9.17) is 14.2 Å². The van der Waals surface area contributed by atoms with Crippen LogP contribution in [0, 0.1) is 0 Å². The number of amides is 1. The summed E-state index contributed by atoms with van der Waals surface area (Å²) >= 11 is 0. The van der Waals surface area contributed by atoms with Crippen LogP contribution in [0.1, 0.15) is 21.6 Å². The Morgan fingerprint density at radius 2 is 1.77 bits per heavy atom. The molecule has 8 nitrogen and oxygen atoms in total. The van der Waals surface area contributed by atoms with Crippen LogP contribution in [-0.2, 0) is 12.7 Å². The van der Waals surface area contributed by atoms with Gasteiger partial charge in [-0.1, -0.05) is 18.2 Å². The average molecular weight is 486 g/mol. The molecule has 4 rings (SSSR count). The average Bonchev–Trinajstić information content (AvgIpc) is 3.30. The number of halogens is 3. The van der Waals surface area contributed by atoms with Crippen molar-refractivity contribution in [1.29, 1.82) is 0 Å². The molecule has 0 bridgehead atoms. The van der Waals surface area contributed by atoms with Gasteiger partial charge in [-0.15, -0.1) is 0 Å². The van der Waals surface area contributed by atoms with E-state index < -0.39 is 17.8 Å². The molecule has 0 aliphatic carbocycles. The van der Waals surface area contributed by atoms with Crippen LogP contribution in [0.4, 0.5) is 13.2 Å². The second-order valence-corrected chi connectivity index (χ2v) is 7.42.